The summed E-state index contributed by atoms with van der Waals surface area (Å²) < 4.78 is 5.60. The molecule has 0 spiro atoms. The fourth-order valence-electron chi connectivity index (χ4n) is 2.76. The number of hydrogen-bond acceptors (Lipinski definition) is 4. The number of primary amides is 1. The number of oxazole rings is 1. The van der Waals surface area contributed by atoms with Crippen LogP contribution in [0.2, 0.25) is 10.0 Å². The third-order valence-electron chi connectivity index (χ3n) is 3.97. The molecule has 0 saturated heterocycles. The average Bonchev–Trinajstić information content (AvgIpc) is 3.19. The van der Waals surface area contributed by atoms with E-state index in [1.54, 1.807) is 36.5 Å². The van der Waals surface area contributed by atoms with Crippen molar-refractivity contribution in [3.05, 3.63) is 64.0 Å². The van der Waals surface area contributed by atoms with Crippen molar-refractivity contribution in [3.8, 4) is 20.9 Å². The first kappa shape index (κ1) is 17.1. The molecule has 2 heterocycles. The summed E-state index contributed by atoms with van der Waals surface area (Å²) >= 11 is 14.2. The number of rotatable bonds is 3. The van der Waals surface area contributed by atoms with Gasteiger partial charge in [-0.15, -0.1) is 11.3 Å². The van der Waals surface area contributed by atoms with Gasteiger partial charge in [-0.3, -0.25) is 4.79 Å². The highest BCUT2D eigenvalue weighted by Gasteiger charge is 2.14. The first-order chi connectivity index (χ1) is 12.4. The van der Waals surface area contributed by atoms with Crippen molar-refractivity contribution in [2.45, 2.75) is 6.92 Å². The van der Waals surface area contributed by atoms with Gasteiger partial charge in [0.05, 0.1) is 15.6 Å². The zero-order valence-corrected chi connectivity index (χ0v) is 15.9. The van der Waals surface area contributed by atoms with Crippen molar-refractivity contribution in [2.75, 3.05) is 0 Å². The molecule has 7 heteroatoms. The molecule has 4 rings (SSSR count). The second kappa shape index (κ2) is 6.43. The smallest absolute Gasteiger partial charge is 0.250 e. The Morgan fingerprint density at radius 1 is 1.08 bits per heavy atom. The minimum absolute atomic E-state index is 0.307. The second-order valence-corrected chi connectivity index (χ2v) is 7.65. The van der Waals surface area contributed by atoms with Crippen LogP contribution in [0.5, 0.6) is 0 Å². The van der Waals surface area contributed by atoms with Gasteiger partial charge in [0.2, 0.25) is 5.91 Å². The average molecular weight is 403 g/mol. The molecular formula is C19H12Cl2N2O2S. The number of thiophene rings is 1. The zero-order valence-electron chi connectivity index (χ0n) is 13.5. The number of nitrogens with zero attached hydrogens (tertiary/aromatic N) is 1. The molecule has 0 radical (unpaired) electrons. The van der Waals surface area contributed by atoms with Crippen LogP contribution < -0.4 is 5.73 Å². The lowest BCUT2D eigenvalue weighted by atomic mass is 10.1. The SMILES string of the molecule is Cc1nc2cc(Cl)c(-c3ccc(-c4ccc(C(N)=O)c(Cl)c4)s3)cc2o1. The molecule has 0 aliphatic rings. The number of benzene rings is 2. The number of aromatic nitrogens is 1. The van der Waals surface area contributed by atoms with Gasteiger partial charge in [-0.25, -0.2) is 4.98 Å². The lowest BCUT2D eigenvalue weighted by Crippen LogP contribution is -2.11. The fourth-order valence-corrected chi connectivity index (χ4v) is 4.38. The Bertz CT molecular complexity index is 1160. The lowest BCUT2D eigenvalue weighted by Gasteiger charge is -2.03. The third-order valence-corrected chi connectivity index (χ3v) is 5.77. The van der Waals surface area contributed by atoms with Crippen molar-refractivity contribution in [2.24, 2.45) is 5.73 Å². The van der Waals surface area contributed by atoms with Gasteiger partial charge < -0.3 is 10.2 Å². The van der Waals surface area contributed by atoms with Gasteiger partial charge >= 0.3 is 0 Å². The molecule has 2 N–H and O–H groups in total. The van der Waals surface area contributed by atoms with Crippen molar-refractivity contribution in [1.29, 1.82) is 0 Å². The van der Waals surface area contributed by atoms with Gasteiger partial charge in [0, 0.05) is 22.2 Å². The van der Waals surface area contributed by atoms with E-state index in [1.807, 2.05) is 24.3 Å². The zero-order chi connectivity index (χ0) is 18.4. The van der Waals surface area contributed by atoms with Crippen molar-refractivity contribution in [1.82, 2.24) is 4.98 Å². The molecule has 1 amide bonds. The van der Waals surface area contributed by atoms with Crippen LogP contribution in [0.3, 0.4) is 0 Å². The standard InChI is InChI=1S/C19H12Cl2N2O2S/c1-9-23-15-8-14(21)12(7-16(15)25-9)18-5-4-17(26-18)10-2-3-11(19(22)24)13(20)6-10/h2-8H,1H3,(H2,22,24). The van der Waals surface area contributed by atoms with E-state index in [0.29, 0.717) is 27.1 Å². The molecule has 26 heavy (non-hydrogen) atoms. The Morgan fingerprint density at radius 3 is 2.58 bits per heavy atom. The molecular weight excluding hydrogens is 391 g/mol. The second-order valence-electron chi connectivity index (χ2n) is 5.76. The molecule has 0 fully saturated rings. The van der Waals surface area contributed by atoms with E-state index in [4.69, 9.17) is 33.4 Å². The topological polar surface area (TPSA) is 69.1 Å². The van der Waals surface area contributed by atoms with Crippen molar-refractivity contribution < 1.29 is 9.21 Å². The molecule has 2 aromatic carbocycles. The summed E-state index contributed by atoms with van der Waals surface area (Å²) in [7, 11) is 0. The number of halogens is 2. The molecule has 0 saturated carbocycles. The van der Waals surface area contributed by atoms with E-state index >= 15 is 0 Å². The van der Waals surface area contributed by atoms with Crippen LogP contribution in [0, 0.1) is 6.92 Å². The maximum absolute atomic E-state index is 11.3. The van der Waals surface area contributed by atoms with E-state index in [2.05, 4.69) is 4.98 Å². The highest BCUT2D eigenvalue weighted by atomic mass is 35.5. The predicted octanol–water partition coefficient (Wildman–Crippen LogP) is 5.94. The molecule has 4 nitrogen and oxygen atoms in total. The summed E-state index contributed by atoms with van der Waals surface area (Å²) in [5, 5.41) is 0.947. The van der Waals surface area contributed by atoms with Crippen LogP contribution in [0.1, 0.15) is 16.2 Å². The van der Waals surface area contributed by atoms with Gasteiger partial charge in [0.15, 0.2) is 11.5 Å². The Morgan fingerprint density at radius 2 is 1.85 bits per heavy atom. The number of aryl methyl sites for hydroxylation is 1. The fraction of sp³-hybridized carbons (Fsp3) is 0.0526. The third kappa shape index (κ3) is 2.98. The molecule has 0 atom stereocenters. The first-order valence-electron chi connectivity index (χ1n) is 7.69. The molecule has 0 unspecified atom stereocenters. The van der Waals surface area contributed by atoms with E-state index in [9.17, 15) is 4.79 Å². The Kier molecular flexibility index (Phi) is 4.23. The predicted molar refractivity (Wildman–Crippen MR) is 106 cm³/mol. The number of carbonyl (C=O) groups excluding carboxylic acids is 1. The minimum atomic E-state index is -0.546. The first-order valence-corrected chi connectivity index (χ1v) is 9.26. The molecule has 4 aromatic rings. The summed E-state index contributed by atoms with van der Waals surface area (Å²) in [5.74, 6) is 0.0557. The number of nitrogens with two attached hydrogens (primary N) is 1. The molecule has 0 bridgehead atoms. The van der Waals surface area contributed by atoms with Gasteiger partial charge in [-0.05, 0) is 42.0 Å². The van der Waals surface area contributed by atoms with Crippen molar-refractivity contribution in [3.63, 3.8) is 0 Å². The molecule has 0 aliphatic heterocycles. The summed E-state index contributed by atoms with van der Waals surface area (Å²) in [6, 6.07) is 12.9. The quantitative estimate of drug-likeness (QED) is 0.460. The summed E-state index contributed by atoms with van der Waals surface area (Å²) in [5.41, 5.74) is 8.83. The molecule has 130 valence electrons. The van der Waals surface area contributed by atoms with E-state index < -0.39 is 5.91 Å². The van der Waals surface area contributed by atoms with Crippen molar-refractivity contribution >= 4 is 51.5 Å². The molecule has 2 aromatic heterocycles. The van der Waals surface area contributed by atoms with Crippen LogP contribution in [-0.2, 0) is 0 Å². The van der Waals surface area contributed by atoms with E-state index in [-0.39, 0.29) is 0 Å². The van der Waals surface area contributed by atoms with Crippen LogP contribution in [0.4, 0.5) is 0 Å². The van der Waals surface area contributed by atoms with Crippen LogP contribution in [0.25, 0.3) is 32.0 Å². The van der Waals surface area contributed by atoms with Crippen LogP contribution in [-0.4, -0.2) is 10.9 Å². The summed E-state index contributed by atoms with van der Waals surface area (Å²) in [4.78, 5) is 17.6. The molecule has 0 aliphatic carbocycles. The Balaban J connectivity index is 1.75. The number of hydrogen-bond donors (Lipinski definition) is 1. The van der Waals surface area contributed by atoms with Gasteiger partial charge in [0.25, 0.3) is 0 Å². The maximum Gasteiger partial charge on any atom is 0.250 e. The highest BCUT2D eigenvalue weighted by Crippen LogP contribution is 2.40. The maximum atomic E-state index is 11.3. The highest BCUT2D eigenvalue weighted by molar-refractivity contribution is 7.18. The summed E-state index contributed by atoms with van der Waals surface area (Å²) in [6.45, 7) is 1.80. The summed E-state index contributed by atoms with van der Waals surface area (Å²) in [6.07, 6.45) is 0. The number of amides is 1. The van der Waals surface area contributed by atoms with Crippen LogP contribution in [0.15, 0.2) is 46.9 Å². The minimum Gasteiger partial charge on any atom is -0.441 e. The lowest BCUT2D eigenvalue weighted by molar-refractivity contribution is 0.100. The van der Waals surface area contributed by atoms with E-state index in [1.165, 1.54) is 0 Å². The van der Waals surface area contributed by atoms with Gasteiger partial charge in [-0.1, -0.05) is 29.3 Å². The van der Waals surface area contributed by atoms with Crippen LogP contribution >= 0.6 is 34.5 Å². The van der Waals surface area contributed by atoms with Gasteiger partial charge in [-0.2, -0.15) is 0 Å². The largest absolute Gasteiger partial charge is 0.441 e. The number of carbonyl (C=O) groups is 1. The Hall–Kier alpha value is -2.34. The normalized spacial score (nSPS) is 11.2. The Labute approximate surface area is 163 Å². The van der Waals surface area contributed by atoms with E-state index in [0.717, 1.165) is 26.4 Å². The monoisotopic (exact) mass is 402 g/mol. The number of fused-ring (bicyclic) bond motifs is 1. The van der Waals surface area contributed by atoms with Gasteiger partial charge in [0.1, 0.15) is 5.52 Å².